The maximum absolute atomic E-state index is 12.1. The molecule has 10 heteroatoms. The van der Waals surface area contributed by atoms with E-state index in [4.69, 9.17) is 0 Å². The molecule has 1 aromatic rings. The van der Waals surface area contributed by atoms with E-state index in [-0.39, 0.29) is 21.4 Å². The van der Waals surface area contributed by atoms with Gasteiger partial charge in [0, 0.05) is 19.5 Å². The minimum absolute atomic E-state index is 0.108. The quantitative estimate of drug-likeness (QED) is 0.725. The molecule has 0 radical (unpaired) electrons. The van der Waals surface area contributed by atoms with E-state index in [0.717, 1.165) is 24.3 Å². The van der Waals surface area contributed by atoms with Crippen LogP contribution in [0.2, 0.25) is 0 Å². The summed E-state index contributed by atoms with van der Waals surface area (Å²) in [6.07, 6.45) is 0.771. The molecule has 0 spiro atoms. The highest BCUT2D eigenvalue weighted by Crippen LogP contribution is 2.20. The number of hydrogen-bond acceptors (Lipinski definition) is 7. The van der Waals surface area contributed by atoms with Gasteiger partial charge in [-0.25, -0.2) is 13.1 Å². The van der Waals surface area contributed by atoms with Crippen LogP contribution in [0.1, 0.15) is 13.3 Å². The van der Waals surface area contributed by atoms with Crippen molar-refractivity contribution < 1.29 is 13.2 Å². The van der Waals surface area contributed by atoms with E-state index in [2.05, 4.69) is 25.1 Å². The molecule has 19 heavy (non-hydrogen) atoms. The van der Waals surface area contributed by atoms with Gasteiger partial charge in [0.15, 0.2) is 0 Å². The molecule has 2 N–H and O–H groups in total. The van der Waals surface area contributed by atoms with Crippen molar-refractivity contribution in [1.29, 1.82) is 0 Å². The molecule has 1 atom stereocenters. The summed E-state index contributed by atoms with van der Waals surface area (Å²) in [4.78, 5) is 12.9. The maximum atomic E-state index is 12.1. The van der Waals surface area contributed by atoms with Crippen molar-refractivity contribution in [3.63, 3.8) is 0 Å². The predicted molar refractivity (Wildman–Crippen MR) is 70.4 cm³/mol. The molecule has 0 saturated carbocycles. The summed E-state index contributed by atoms with van der Waals surface area (Å²) in [7, 11) is -1.73. The molecule has 0 aromatic carbocycles. The first kappa shape index (κ1) is 14.3. The number of nitrogens with zero attached hydrogens (tertiary/aromatic N) is 3. The first-order chi connectivity index (χ1) is 8.87. The van der Waals surface area contributed by atoms with E-state index >= 15 is 0 Å². The summed E-state index contributed by atoms with van der Waals surface area (Å²) in [6.45, 7) is 2.86. The molecule has 2 heterocycles. The summed E-state index contributed by atoms with van der Waals surface area (Å²) in [5.41, 5.74) is 0. The van der Waals surface area contributed by atoms with Crippen LogP contribution in [-0.4, -0.2) is 55.6 Å². The molecule has 1 saturated heterocycles. The Kier molecular flexibility index (Phi) is 4.13. The molecule has 0 aliphatic carbocycles. The third kappa shape index (κ3) is 3.69. The molecule has 1 unspecified atom stereocenters. The van der Waals surface area contributed by atoms with Gasteiger partial charge in [-0.15, -0.1) is 10.2 Å². The van der Waals surface area contributed by atoms with Gasteiger partial charge >= 0.3 is 0 Å². The lowest BCUT2D eigenvalue weighted by molar-refractivity contribution is -0.114. The van der Waals surface area contributed by atoms with E-state index in [9.17, 15) is 13.2 Å². The lowest BCUT2D eigenvalue weighted by atomic mass is 10.3. The third-order valence-electron chi connectivity index (χ3n) is 2.63. The van der Waals surface area contributed by atoms with E-state index < -0.39 is 10.0 Å². The Labute approximate surface area is 115 Å². The Hall–Kier alpha value is -1.10. The third-order valence-corrected chi connectivity index (χ3v) is 5.36. The van der Waals surface area contributed by atoms with Gasteiger partial charge in [0.2, 0.25) is 15.4 Å². The van der Waals surface area contributed by atoms with Crippen molar-refractivity contribution in [2.24, 2.45) is 0 Å². The Bertz CT molecular complexity index is 570. The Morgan fingerprint density at radius 1 is 1.47 bits per heavy atom. The molecule has 8 nitrogen and oxygen atoms in total. The highest BCUT2D eigenvalue weighted by molar-refractivity contribution is 7.91. The molecule has 1 aromatic heterocycles. The topological polar surface area (TPSA) is 104 Å². The fraction of sp³-hybridized carbons (Fsp3) is 0.667. The van der Waals surface area contributed by atoms with Crippen molar-refractivity contribution in [2.75, 3.05) is 25.5 Å². The molecule has 0 bridgehead atoms. The Morgan fingerprint density at radius 3 is 2.79 bits per heavy atom. The minimum atomic E-state index is -3.67. The fourth-order valence-corrected chi connectivity index (χ4v) is 4.04. The summed E-state index contributed by atoms with van der Waals surface area (Å²) in [5, 5.41) is 9.79. The first-order valence-corrected chi connectivity index (χ1v) is 7.99. The van der Waals surface area contributed by atoms with Gasteiger partial charge < -0.3 is 10.2 Å². The number of aromatic nitrogens is 2. The largest absolute Gasteiger partial charge is 0.305 e. The zero-order chi connectivity index (χ0) is 14.0. The summed E-state index contributed by atoms with van der Waals surface area (Å²) in [5.74, 6) is -0.314. The number of amides is 1. The van der Waals surface area contributed by atoms with E-state index in [1.54, 1.807) is 0 Å². The minimum Gasteiger partial charge on any atom is -0.305 e. The van der Waals surface area contributed by atoms with Gasteiger partial charge in [-0.2, -0.15) is 0 Å². The van der Waals surface area contributed by atoms with E-state index in [1.165, 1.54) is 6.92 Å². The van der Waals surface area contributed by atoms with E-state index in [1.807, 2.05) is 7.05 Å². The number of carbonyl (C=O) groups excluding carboxylic acids is 1. The summed E-state index contributed by atoms with van der Waals surface area (Å²) >= 11 is 0.834. The molecular formula is C9H15N5O3S2. The van der Waals surface area contributed by atoms with Crippen molar-refractivity contribution in [2.45, 2.75) is 23.7 Å². The van der Waals surface area contributed by atoms with Crippen LogP contribution < -0.4 is 10.0 Å². The zero-order valence-electron chi connectivity index (χ0n) is 10.6. The number of nitrogens with one attached hydrogen (secondary N) is 2. The number of rotatable bonds is 4. The second kappa shape index (κ2) is 5.49. The number of hydrogen-bond donors (Lipinski definition) is 2. The van der Waals surface area contributed by atoms with Crippen molar-refractivity contribution in [3.8, 4) is 0 Å². The highest BCUT2D eigenvalue weighted by atomic mass is 32.2. The number of anilines is 1. The first-order valence-electron chi connectivity index (χ1n) is 5.69. The van der Waals surface area contributed by atoms with Crippen LogP contribution in [0.4, 0.5) is 5.13 Å². The lowest BCUT2D eigenvalue weighted by Crippen LogP contribution is -2.36. The van der Waals surface area contributed by atoms with Crippen LogP contribution in [0.5, 0.6) is 0 Å². The van der Waals surface area contributed by atoms with Gasteiger partial charge in [0.25, 0.3) is 10.0 Å². The second-order valence-corrected chi connectivity index (χ2v) is 7.29. The highest BCUT2D eigenvalue weighted by Gasteiger charge is 2.28. The van der Waals surface area contributed by atoms with E-state index in [0.29, 0.717) is 6.54 Å². The monoisotopic (exact) mass is 305 g/mol. The van der Waals surface area contributed by atoms with Gasteiger partial charge in [-0.3, -0.25) is 4.79 Å². The average Bonchev–Trinajstić information content (AvgIpc) is 2.87. The SMILES string of the molecule is CC(=O)Nc1nnc(S(=O)(=O)NC2CCN(C)C2)s1. The van der Waals surface area contributed by atoms with Crippen molar-refractivity contribution in [1.82, 2.24) is 19.8 Å². The standard InChI is InChI=1S/C9H15N5O3S2/c1-6(15)10-8-11-12-9(18-8)19(16,17)13-7-3-4-14(2)5-7/h7,13H,3-5H2,1-2H3,(H,10,11,15). The summed E-state index contributed by atoms with van der Waals surface area (Å²) < 4.78 is 26.6. The Morgan fingerprint density at radius 2 is 2.21 bits per heavy atom. The van der Waals surface area contributed by atoms with Crippen LogP contribution in [0.3, 0.4) is 0 Å². The van der Waals surface area contributed by atoms with Gasteiger partial charge in [0.1, 0.15) is 0 Å². The van der Waals surface area contributed by atoms with Crippen LogP contribution in [0.25, 0.3) is 0 Å². The smallest absolute Gasteiger partial charge is 0.270 e. The normalized spacial score (nSPS) is 20.6. The Balaban J connectivity index is 2.06. The summed E-state index contributed by atoms with van der Waals surface area (Å²) in [6, 6.07) is -0.108. The number of sulfonamides is 1. The molecule has 1 fully saturated rings. The van der Waals surface area contributed by atoms with Gasteiger partial charge in [-0.1, -0.05) is 11.3 Å². The lowest BCUT2D eigenvalue weighted by Gasteiger charge is -2.11. The number of carbonyl (C=O) groups is 1. The second-order valence-electron chi connectivity index (χ2n) is 4.42. The predicted octanol–water partition coefficient (Wildman–Crippen LogP) is -0.521. The van der Waals surface area contributed by atoms with Gasteiger partial charge in [0.05, 0.1) is 0 Å². The van der Waals surface area contributed by atoms with Crippen LogP contribution in [-0.2, 0) is 14.8 Å². The molecular weight excluding hydrogens is 290 g/mol. The average molecular weight is 305 g/mol. The number of likely N-dealkylation sites (N-methyl/N-ethyl adjacent to an activating group) is 1. The maximum Gasteiger partial charge on any atom is 0.270 e. The molecule has 1 amide bonds. The van der Waals surface area contributed by atoms with Crippen LogP contribution >= 0.6 is 11.3 Å². The zero-order valence-corrected chi connectivity index (χ0v) is 12.2. The molecule has 1 aliphatic rings. The fourth-order valence-electron chi connectivity index (χ4n) is 1.82. The number of likely N-dealkylation sites (tertiary alicyclic amines) is 1. The molecule has 1 aliphatic heterocycles. The van der Waals surface area contributed by atoms with Crippen LogP contribution in [0.15, 0.2) is 4.34 Å². The van der Waals surface area contributed by atoms with Gasteiger partial charge in [-0.05, 0) is 20.0 Å². The molecule has 106 valence electrons. The van der Waals surface area contributed by atoms with Crippen molar-refractivity contribution >= 4 is 32.4 Å². The van der Waals surface area contributed by atoms with Crippen molar-refractivity contribution in [3.05, 3.63) is 0 Å². The molecule has 2 rings (SSSR count). The van der Waals surface area contributed by atoms with Crippen LogP contribution in [0, 0.1) is 0 Å².